The second-order valence-corrected chi connectivity index (χ2v) is 8.31. The van der Waals surface area contributed by atoms with Crippen molar-refractivity contribution in [3.8, 4) is 0 Å². The summed E-state index contributed by atoms with van der Waals surface area (Å²) >= 11 is 1.53. The average Bonchev–Trinajstić information content (AvgIpc) is 2.60. The van der Waals surface area contributed by atoms with Crippen molar-refractivity contribution in [1.29, 1.82) is 0 Å². The first-order chi connectivity index (χ1) is 13.5. The van der Waals surface area contributed by atoms with E-state index in [1.165, 1.54) is 18.7 Å². The van der Waals surface area contributed by atoms with Gasteiger partial charge >= 0.3 is 11.9 Å². The van der Waals surface area contributed by atoms with E-state index in [0.717, 1.165) is 0 Å². The van der Waals surface area contributed by atoms with Crippen LogP contribution in [0.3, 0.4) is 0 Å². The third-order valence-electron chi connectivity index (χ3n) is 3.66. The van der Waals surface area contributed by atoms with Crippen molar-refractivity contribution in [2.45, 2.75) is 59.5 Å². The fraction of sp³-hybridized carbons (Fsp3) is 0.700. The SMILES string of the molecule is C=C(C)C(=O)OCCOC(=O)CCSCC(CC(C)NC(C)=O)NC(=O)C(C)C. The van der Waals surface area contributed by atoms with Crippen molar-refractivity contribution in [3.05, 3.63) is 12.2 Å². The van der Waals surface area contributed by atoms with Gasteiger partial charge in [-0.3, -0.25) is 14.4 Å². The molecule has 0 aliphatic carbocycles. The standard InChI is InChI=1S/C20H34N2O6S/c1-13(2)19(25)22-17(11-15(5)21-16(6)23)12-29-10-7-18(24)27-8-9-28-20(26)14(3)4/h13,15,17H,3,7-12H2,1-2,4-6H3,(H,21,23)(H,22,25). The lowest BCUT2D eigenvalue weighted by Gasteiger charge is -2.23. The van der Waals surface area contributed by atoms with Gasteiger partial charge in [0.15, 0.2) is 0 Å². The zero-order chi connectivity index (χ0) is 22.4. The van der Waals surface area contributed by atoms with E-state index >= 15 is 0 Å². The number of esters is 2. The van der Waals surface area contributed by atoms with Crippen molar-refractivity contribution in [2.24, 2.45) is 5.92 Å². The normalized spacial score (nSPS) is 12.6. The Labute approximate surface area is 177 Å². The van der Waals surface area contributed by atoms with Crippen LogP contribution in [0.2, 0.25) is 0 Å². The van der Waals surface area contributed by atoms with E-state index < -0.39 is 5.97 Å². The summed E-state index contributed by atoms with van der Waals surface area (Å²) in [5.74, 6) is -0.0331. The largest absolute Gasteiger partial charge is 0.462 e. The average molecular weight is 431 g/mol. The molecule has 0 fully saturated rings. The Morgan fingerprint density at radius 3 is 2.17 bits per heavy atom. The number of hydrogen-bond donors (Lipinski definition) is 2. The Kier molecular flexibility index (Phi) is 13.9. The number of amides is 2. The second-order valence-electron chi connectivity index (χ2n) is 7.16. The van der Waals surface area contributed by atoms with Crippen molar-refractivity contribution in [2.75, 3.05) is 24.7 Å². The summed E-state index contributed by atoms with van der Waals surface area (Å²) in [6.07, 6.45) is 0.814. The predicted octanol–water partition coefficient (Wildman–Crippen LogP) is 1.83. The van der Waals surface area contributed by atoms with Gasteiger partial charge in [0.25, 0.3) is 0 Å². The number of carbonyl (C=O) groups is 4. The highest BCUT2D eigenvalue weighted by Crippen LogP contribution is 2.11. The van der Waals surface area contributed by atoms with Crippen molar-refractivity contribution < 1.29 is 28.7 Å². The molecule has 0 spiro atoms. The molecular formula is C20H34N2O6S. The lowest BCUT2D eigenvalue weighted by Crippen LogP contribution is -2.44. The number of nitrogens with one attached hydrogen (secondary N) is 2. The maximum atomic E-state index is 12.0. The molecule has 2 amide bonds. The quantitative estimate of drug-likeness (QED) is 0.246. The van der Waals surface area contributed by atoms with Gasteiger partial charge in [-0.05, 0) is 20.3 Å². The minimum atomic E-state index is -0.514. The van der Waals surface area contributed by atoms with Crippen LogP contribution in [0.4, 0.5) is 0 Å². The fourth-order valence-corrected chi connectivity index (χ4v) is 3.22. The molecule has 0 aliphatic rings. The molecule has 0 bridgehead atoms. The van der Waals surface area contributed by atoms with E-state index in [-0.39, 0.29) is 55.4 Å². The third-order valence-corrected chi connectivity index (χ3v) is 4.79. The molecule has 29 heavy (non-hydrogen) atoms. The minimum Gasteiger partial charge on any atom is -0.462 e. The van der Waals surface area contributed by atoms with Gasteiger partial charge in [-0.1, -0.05) is 20.4 Å². The van der Waals surface area contributed by atoms with E-state index in [1.54, 1.807) is 6.92 Å². The highest BCUT2D eigenvalue weighted by Gasteiger charge is 2.18. The molecule has 8 nitrogen and oxygen atoms in total. The van der Waals surface area contributed by atoms with Crippen LogP contribution in [0.1, 0.15) is 47.5 Å². The Bertz CT molecular complexity index is 579. The lowest BCUT2D eigenvalue weighted by molar-refractivity contribution is -0.149. The van der Waals surface area contributed by atoms with Crippen LogP contribution in [-0.4, -0.2) is 60.6 Å². The predicted molar refractivity (Wildman–Crippen MR) is 113 cm³/mol. The summed E-state index contributed by atoms with van der Waals surface area (Å²) in [4.78, 5) is 46.1. The number of rotatable bonds is 14. The van der Waals surface area contributed by atoms with Gasteiger partial charge in [0, 0.05) is 42.0 Å². The highest BCUT2D eigenvalue weighted by atomic mass is 32.2. The molecule has 166 valence electrons. The van der Waals surface area contributed by atoms with Gasteiger partial charge in [-0.25, -0.2) is 4.79 Å². The van der Waals surface area contributed by atoms with Crippen LogP contribution in [0, 0.1) is 5.92 Å². The first-order valence-corrected chi connectivity index (χ1v) is 10.8. The van der Waals surface area contributed by atoms with Gasteiger partial charge in [0.1, 0.15) is 13.2 Å². The Morgan fingerprint density at radius 1 is 1.00 bits per heavy atom. The van der Waals surface area contributed by atoms with E-state index in [2.05, 4.69) is 17.2 Å². The van der Waals surface area contributed by atoms with Gasteiger partial charge in [0.05, 0.1) is 6.42 Å². The molecule has 0 saturated carbocycles. The van der Waals surface area contributed by atoms with Gasteiger partial charge in [0.2, 0.25) is 11.8 Å². The summed E-state index contributed by atoms with van der Waals surface area (Å²) in [7, 11) is 0. The maximum absolute atomic E-state index is 12.0. The summed E-state index contributed by atoms with van der Waals surface area (Å²) in [6.45, 7) is 12.0. The molecular weight excluding hydrogens is 396 g/mol. The summed E-state index contributed by atoms with van der Waals surface area (Å²) < 4.78 is 9.85. The number of hydrogen-bond acceptors (Lipinski definition) is 7. The van der Waals surface area contributed by atoms with E-state index in [1.807, 2.05) is 20.8 Å². The maximum Gasteiger partial charge on any atom is 0.333 e. The first-order valence-electron chi connectivity index (χ1n) is 9.66. The number of ether oxygens (including phenoxy) is 2. The molecule has 2 N–H and O–H groups in total. The van der Waals surface area contributed by atoms with Crippen molar-refractivity contribution in [3.63, 3.8) is 0 Å². The molecule has 2 atom stereocenters. The van der Waals surface area contributed by atoms with E-state index in [9.17, 15) is 19.2 Å². The van der Waals surface area contributed by atoms with E-state index in [0.29, 0.717) is 23.5 Å². The van der Waals surface area contributed by atoms with Gasteiger partial charge in [-0.2, -0.15) is 11.8 Å². The zero-order valence-electron chi connectivity index (χ0n) is 18.0. The smallest absolute Gasteiger partial charge is 0.333 e. The molecule has 0 saturated heterocycles. The molecule has 0 heterocycles. The molecule has 0 radical (unpaired) electrons. The van der Waals surface area contributed by atoms with Crippen LogP contribution in [0.25, 0.3) is 0 Å². The zero-order valence-corrected chi connectivity index (χ0v) is 18.9. The van der Waals surface area contributed by atoms with E-state index in [4.69, 9.17) is 9.47 Å². The van der Waals surface area contributed by atoms with Crippen LogP contribution in [0.15, 0.2) is 12.2 Å². The summed E-state index contributed by atoms with van der Waals surface area (Å²) in [5, 5.41) is 5.80. The number of carbonyl (C=O) groups excluding carboxylic acids is 4. The molecule has 0 rings (SSSR count). The van der Waals surface area contributed by atoms with Crippen LogP contribution >= 0.6 is 11.8 Å². The molecule has 2 unspecified atom stereocenters. The highest BCUT2D eigenvalue weighted by molar-refractivity contribution is 7.99. The minimum absolute atomic E-state index is 0.00379. The lowest BCUT2D eigenvalue weighted by atomic mass is 10.1. The van der Waals surface area contributed by atoms with Crippen molar-refractivity contribution >= 4 is 35.5 Å². The molecule has 0 aromatic heterocycles. The monoisotopic (exact) mass is 430 g/mol. The molecule has 0 aromatic rings. The first kappa shape index (κ1) is 27.0. The topological polar surface area (TPSA) is 111 Å². The van der Waals surface area contributed by atoms with Gasteiger partial charge < -0.3 is 20.1 Å². The summed E-state index contributed by atoms with van der Waals surface area (Å²) in [6, 6.07) is -0.188. The van der Waals surface area contributed by atoms with Crippen LogP contribution in [0.5, 0.6) is 0 Å². The third kappa shape index (κ3) is 14.6. The molecule has 0 aliphatic heterocycles. The Hall–Kier alpha value is -2.03. The molecule has 0 aromatic carbocycles. The second kappa shape index (κ2) is 14.9. The Morgan fingerprint density at radius 2 is 1.62 bits per heavy atom. The van der Waals surface area contributed by atoms with Crippen LogP contribution in [-0.2, 0) is 28.7 Å². The molecule has 9 heteroatoms. The summed E-state index contributed by atoms with van der Waals surface area (Å²) in [5.41, 5.74) is 0.291. The van der Waals surface area contributed by atoms with Gasteiger partial charge in [-0.15, -0.1) is 0 Å². The van der Waals surface area contributed by atoms with Crippen molar-refractivity contribution in [1.82, 2.24) is 10.6 Å². The fourth-order valence-electron chi connectivity index (χ4n) is 2.24. The Balaban J connectivity index is 4.22. The number of thioether (sulfide) groups is 1. The van der Waals surface area contributed by atoms with Crippen LogP contribution < -0.4 is 10.6 Å².